The van der Waals surface area contributed by atoms with Crippen molar-refractivity contribution in [2.75, 3.05) is 5.32 Å². The minimum atomic E-state index is -1.21. The Morgan fingerprint density at radius 2 is 2.12 bits per heavy atom. The molecule has 2 N–H and O–H groups in total. The molecule has 1 aromatic rings. The van der Waals surface area contributed by atoms with E-state index >= 15 is 0 Å². The van der Waals surface area contributed by atoms with Crippen LogP contribution < -0.4 is 5.32 Å². The SMILES string of the molecule is CC1(C(=O)Nc2ccc(Br)cc2C(=O)O)CC(=O)N=C2C=CC=CN21. The van der Waals surface area contributed by atoms with Crippen molar-refractivity contribution >= 4 is 45.2 Å². The van der Waals surface area contributed by atoms with Crippen molar-refractivity contribution in [3.63, 3.8) is 0 Å². The highest BCUT2D eigenvalue weighted by molar-refractivity contribution is 9.10. The number of allylic oxidation sites excluding steroid dienone is 2. The number of anilines is 1. The number of hydrogen-bond donors (Lipinski definition) is 2. The van der Waals surface area contributed by atoms with Gasteiger partial charge in [-0.3, -0.25) is 9.59 Å². The third kappa shape index (κ3) is 3.12. The minimum Gasteiger partial charge on any atom is -0.478 e. The summed E-state index contributed by atoms with van der Waals surface area (Å²) in [6, 6.07) is 4.54. The average molecular weight is 404 g/mol. The van der Waals surface area contributed by atoms with Gasteiger partial charge in [-0.25, -0.2) is 4.79 Å². The van der Waals surface area contributed by atoms with E-state index in [-0.39, 0.29) is 17.7 Å². The van der Waals surface area contributed by atoms with Crippen molar-refractivity contribution in [1.29, 1.82) is 0 Å². The molecule has 0 fully saturated rings. The number of aromatic carboxylic acids is 1. The van der Waals surface area contributed by atoms with Crippen LogP contribution in [0.2, 0.25) is 0 Å². The Morgan fingerprint density at radius 1 is 1.36 bits per heavy atom. The molecular formula is C17H14BrN3O4. The molecule has 0 bridgehead atoms. The topological polar surface area (TPSA) is 99.1 Å². The molecule has 1 aromatic carbocycles. The molecule has 128 valence electrons. The fraction of sp³-hybridized carbons (Fsp3) is 0.176. The van der Waals surface area contributed by atoms with E-state index in [0.29, 0.717) is 10.3 Å². The van der Waals surface area contributed by atoms with Gasteiger partial charge >= 0.3 is 5.97 Å². The van der Waals surface area contributed by atoms with Crippen LogP contribution in [-0.2, 0) is 9.59 Å². The molecule has 0 saturated carbocycles. The summed E-state index contributed by atoms with van der Waals surface area (Å²) in [5, 5.41) is 12.0. The maximum atomic E-state index is 12.9. The molecule has 2 heterocycles. The van der Waals surface area contributed by atoms with E-state index in [1.54, 1.807) is 42.3 Å². The van der Waals surface area contributed by atoms with Crippen LogP contribution >= 0.6 is 15.9 Å². The molecule has 1 atom stereocenters. The Labute approximate surface area is 151 Å². The number of amidine groups is 1. The number of hydrogen-bond acceptors (Lipinski definition) is 4. The summed E-state index contributed by atoms with van der Waals surface area (Å²) in [5.74, 6) is -1.67. The second-order valence-electron chi connectivity index (χ2n) is 5.83. The van der Waals surface area contributed by atoms with Crippen LogP contribution in [0.25, 0.3) is 0 Å². The zero-order valence-corrected chi connectivity index (χ0v) is 14.8. The van der Waals surface area contributed by atoms with Gasteiger partial charge in [-0.15, -0.1) is 0 Å². The molecule has 2 aliphatic rings. The van der Waals surface area contributed by atoms with Crippen LogP contribution in [-0.4, -0.2) is 39.2 Å². The standard InChI is InChI=1S/C17H14BrN3O4/c1-17(9-14(22)20-13-4-2-3-7-21(13)17)16(25)19-12-6-5-10(18)8-11(12)15(23)24/h2-8H,9H2,1H3,(H,19,25)(H,23,24). The highest BCUT2D eigenvalue weighted by Crippen LogP contribution is 2.30. The van der Waals surface area contributed by atoms with E-state index in [0.717, 1.165) is 0 Å². The van der Waals surface area contributed by atoms with E-state index in [4.69, 9.17) is 0 Å². The van der Waals surface area contributed by atoms with E-state index in [1.165, 1.54) is 12.1 Å². The fourth-order valence-electron chi connectivity index (χ4n) is 2.74. The molecule has 7 nitrogen and oxygen atoms in total. The first-order chi connectivity index (χ1) is 11.8. The van der Waals surface area contributed by atoms with Gasteiger partial charge in [0.2, 0.25) is 0 Å². The number of fused-ring (bicyclic) bond motifs is 1. The van der Waals surface area contributed by atoms with Crippen LogP contribution in [0, 0.1) is 0 Å². The normalized spacial score (nSPS) is 21.6. The second kappa shape index (κ2) is 6.29. The van der Waals surface area contributed by atoms with E-state index in [1.807, 2.05) is 0 Å². The molecule has 0 saturated heterocycles. The largest absolute Gasteiger partial charge is 0.478 e. The lowest BCUT2D eigenvalue weighted by Gasteiger charge is -2.41. The van der Waals surface area contributed by atoms with Gasteiger partial charge in [0.25, 0.3) is 11.8 Å². The van der Waals surface area contributed by atoms with Crippen LogP contribution in [0.3, 0.4) is 0 Å². The Hall–Kier alpha value is -2.74. The van der Waals surface area contributed by atoms with Crippen molar-refractivity contribution in [2.45, 2.75) is 18.9 Å². The number of carboxylic acids is 1. The molecule has 2 amide bonds. The van der Waals surface area contributed by atoms with Crippen molar-refractivity contribution in [3.05, 3.63) is 52.7 Å². The number of carbonyl (C=O) groups excluding carboxylic acids is 2. The molecular weight excluding hydrogens is 390 g/mol. The first-order valence-corrected chi connectivity index (χ1v) is 8.20. The zero-order chi connectivity index (χ0) is 18.2. The number of amides is 2. The van der Waals surface area contributed by atoms with Gasteiger partial charge in [-0.05, 0) is 37.3 Å². The lowest BCUT2D eigenvalue weighted by atomic mass is 9.91. The van der Waals surface area contributed by atoms with Gasteiger partial charge in [-0.1, -0.05) is 22.0 Å². The van der Waals surface area contributed by atoms with Gasteiger partial charge in [0.15, 0.2) is 0 Å². The van der Waals surface area contributed by atoms with E-state index in [2.05, 4.69) is 26.2 Å². The fourth-order valence-corrected chi connectivity index (χ4v) is 3.10. The quantitative estimate of drug-likeness (QED) is 0.807. The average Bonchev–Trinajstić information content (AvgIpc) is 2.56. The summed E-state index contributed by atoms with van der Waals surface area (Å²) >= 11 is 3.21. The summed E-state index contributed by atoms with van der Waals surface area (Å²) in [6.45, 7) is 1.62. The lowest BCUT2D eigenvalue weighted by molar-refractivity contribution is -0.130. The molecule has 1 unspecified atom stereocenters. The number of halogens is 1. The Balaban J connectivity index is 1.95. The number of nitrogens with zero attached hydrogens (tertiary/aromatic N) is 2. The minimum absolute atomic E-state index is 0.0450. The number of carbonyl (C=O) groups is 3. The third-order valence-corrected chi connectivity index (χ3v) is 4.55. The summed E-state index contributed by atoms with van der Waals surface area (Å²) in [6.07, 6.45) is 6.67. The number of rotatable bonds is 3. The van der Waals surface area contributed by atoms with Gasteiger partial charge < -0.3 is 15.3 Å². The summed E-state index contributed by atoms with van der Waals surface area (Å²) in [4.78, 5) is 41.8. The van der Waals surface area contributed by atoms with E-state index in [9.17, 15) is 19.5 Å². The van der Waals surface area contributed by atoms with Crippen LogP contribution in [0.5, 0.6) is 0 Å². The van der Waals surface area contributed by atoms with E-state index < -0.39 is 23.3 Å². The molecule has 0 aliphatic carbocycles. The Morgan fingerprint density at radius 3 is 2.84 bits per heavy atom. The Bertz CT molecular complexity index is 875. The number of aliphatic imine (C=N–C) groups is 1. The maximum Gasteiger partial charge on any atom is 0.337 e. The van der Waals surface area contributed by atoms with Gasteiger partial charge in [-0.2, -0.15) is 4.99 Å². The number of nitrogens with one attached hydrogen (secondary N) is 1. The zero-order valence-electron chi connectivity index (χ0n) is 13.2. The lowest BCUT2D eigenvalue weighted by Crippen LogP contribution is -2.58. The van der Waals surface area contributed by atoms with Crippen LogP contribution in [0.15, 0.2) is 52.1 Å². The molecule has 2 aliphatic heterocycles. The van der Waals surface area contributed by atoms with Gasteiger partial charge in [0.1, 0.15) is 11.4 Å². The summed E-state index contributed by atoms with van der Waals surface area (Å²) in [5.41, 5.74) is -1.09. The van der Waals surface area contributed by atoms with Crippen LogP contribution in [0.4, 0.5) is 5.69 Å². The predicted molar refractivity (Wildman–Crippen MR) is 95.3 cm³/mol. The monoisotopic (exact) mass is 403 g/mol. The summed E-state index contributed by atoms with van der Waals surface area (Å²) < 4.78 is 0.584. The van der Waals surface area contributed by atoms with Gasteiger partial charge in [0, 0.05) is 10.7 Å². The van der Waals surface area contributed by atoms with Gasteiger partial charge in [0.05, 0.1) is 17.7 Å². The van der Waals surface area contributed by atoms with Crippen molar-refractivity contribution < 1.29 is 19.5 Å². The molecule has 25 heavy (non-hydrogen) atoms. The van der Waals surface area contributed by atoms with Crippen LogP contribution in [0.1, 0.15) is 23.7 Å². The predicted octanol–water partition coefficient (Wildman–Crippen LogP) is 2.56. The molecule has 8 heteroatoms. The molecule has 0 radical (unpaired) electrons. The third-order valence-electron chi connectivity index (χ3n) is 4.05. The van der Waals surface area contributed by atoms with Crippen molar-refractivity contribution in [1.82, 2.24) is 4.90 Å². The second-order valence-corrected chi connectivity index (χ2v) is 6.75. The smallest absolute Gasteiger partial charge is 0.337 e. The molecule has 0 aromatic heterocycles. The number of carboxylic acid groups (broad SMARTS) is 1. The highest BCUT2D eigenvalue weighted by Gasteiger charge is 2.45. The van der Waals surface area contributed by atoms with Crippen molar-refractivity contribution in [3.8, 4) is 0 Å². The molecule has 0 spiro atoms. The maximum absolute atomic E-state index is 12.9. The first-order valence-electron chi connectivity index (χ1n) is 7.41. The summed E-state index contributed by atoms with van der Waals surface area (Å²) in [7, 11) is 0. The first kappa shape index (κ1) is 17.1. The van der Waals surface area contributed by atoms with Crippen molar-refractivity contribution in [2.24, 2.45) is 4.99 Å². The number of benzene rings is 1. The molecule has 3 rings (SSSR count). The Kier molecular flexibility index (Phi) is 4.30. The highest BCUT2D eigenvalue weighted by atomic mass is 79.9.